The molecule has 726 valence electrons. The van der Waals surface area contributed by atoms with Gasteiger partial charge >= 0.3 is 11.7 Å². The number of thiazole rings is 1. The zero-order valence-corrected chi connectivity index (χ0v) is 83.6. The van der Waals surface area contributed by atoms with E-state index >= 15 is 0 Å². The predicted molar refractivity (Wildman–Crippen MR) is 608 cm³/mol. The van der Waals surface area contributed by atoms with Crippen LogP contribution in [-0.4, -0.2) is 34.6 Å². The van der Waals surface area contributed by atoms with Gasteiger partial charge in [-0.05, 0) is 276 Å². The number of oxazole rings is 1. The van der Waals surface area contributed by atoms with Gasteiger partial charge in [0, 0.05) is 139 Å². The van der Waals surface area contributed by atoms with E-state index in [-0.39, 0.29) is 124 Å². The molecule has 0 bridgehead atoms. The summed E-state index contributed by atoms with van der Waals surface area (Å²) < 4.78 is 276. The van der Waals surface area contributed by atoms with Crippen molar-refractivity contribution in [1.82, 2.24) is 28.7 Å². The van der Waals surface area contributed by atoms with E-state index in [2.05, 4.69) is 68.4 Å². The Morgan fingerprint density at radius 1 is 0.385 bits per heavy atom. The van der Waals surface area contributed by atoms with Gasteiger partial charge < -0.3 is 18.6 Å². The summed E-state index contributed by atoms with van der Waals surface area (Å²) in [6.07, 6.45) is -1.75. The third kappa shape index (κ3) is 14.7. The number of hydrogen-bond acceptors (Lipinski definition) is 11. The lowest BCUT2D eigenvalue weighted by atomic mass is 9.72. The van der Waals surface area contributed by atoms with Gasteiger partial charge in [-0.3, -0.25) is 13.7 Å². The number of imidazole rings is 2. The monoisotopic (exact) mass is 1980 g/mol. The molecule has 12 heterocycles. The van der Waals surface area contributed by atoms with Crippen LogP contribution in [0.3, 0.4) is 0 Å². The Kier molecular flexibility index (Phi) is 15.7. The second-order valence-electron chi connectivity index (χ2n) is 40.8. The van der Waals surface area contributed by atoms with Gasteiger partial charge in [-0.15, -0.1) is 0 Å². The first-order valence-corrected chi connectivity index (χ1v) is 50.0. The van der Waals surface area contributed by atoms with E-state index in [1.165, 1.54) is 67.6 Å². The molecule has 5 aliphatic rings. The number of hydrogen-bond donors (Lipinski definition) is 0. The highest BCUT2D eigenvalue weighted by Gasteiger charge is 2.50. The summed E-state index contributed by atoms with van der Waals surface area (Å²) in [4.78, 5) is 27.4. The number of benzene rings is 15. The third-order valence-electron chi connectivity index (χ3n) is 30.0. The van der Waals surface area contributed by atoms with Crippen molar-refractivity contribution in [2.45, 2.75) is 171 Å². The van der Waals surface area contributed by atoms with Crippen LogP contribution >= 0.6 is 11.3 Å². The summed E-state index contributed by atoms with van der Waals surface area (Å²) in [5, 5.41) is 0. The van der Waals surface area contributed by atoms with Gasteiger partial charge in [0.2, 0.25) is 6.04 Å². The molecule has 0 saturated heterocycles. The van der Waals surface area contributed by atoms with Gasteiger partial charge in [-0.25, -0.2) is 19.5 Å². The fourth-order valence-corrected chi connectivity index (χ4v) is 23.7. The van der Waals surface area contributed by atoms with E-state index in [0.29, 0.717) is 99.6 Å². The summed E-state index contributed by atoms with van der Waals surface area (Å²) in [5.74, 6) is 4.90. The van der Waals surface area contributed by atoms with Crippen molar-refractivity contribution < 1.29 is 61.6 Å². The van der Waals surface area contributed by atoms with Crippen molar-refractivity contribution in [1.29, 1.82) is 0 Å². The lowest BCUT2D eigenvalue weighted by molar-refractivity contribution is -0.679. The van der Waals surface area contributed by atoms with Crippen LogP contribution in [0.5, 0.6) is 34.5 Å². The lowest BCUT2D eigenvalue weighted by Crippen LogP contribution is -2.40. The third-order valence-corrected chi connectivity index (χ3v) is 31.0. The molecule has 13 nitrogen and oxygen atoms in total. The molecule has 0 aliphatic carbocycles. The average Bonchev–Trinajstić information content (AvgIpc) is 1.64. The molecule has 1 unspecified atom stereocenters. The number of fused-ring (bicyclic) bond motifs is 21. The molecule has 0 amide bonds. The highest BCUT2D eigenvalue weighted by Crippen LogP contribution is 2.59. The molecule has 22 aromatic rings. The molecule has 1 atom stereocenters. The van der Waals surface area contributed by atoms with E-state index in [9.17, 15) is 0 Å². The van der Waals surface area contributed by atoms with Crippen molar-refractivity contribution in [3.05, 3.63) is 428 Å². The van der Waals surface area contributed by atoms with Crippen LogP contribution in [0, 0.1) is 54.8 Å². The number of nitrogens with zero attached hydrogens (tertiary/aromatic N) is 9. The lowest BCUT2D eigenvalue weighted by Gasteiger charge is -2.37. The number of anilines is 2. The summed E-state index contributed by atoms with van der Waals surface area (Å²) in [7, 11) is 0. The molecular weight excluding hydrogens is 1830 g/mol. The van der Waals surface area contributed by atoms with Gasteiger partial charge in [0.15, 0.2) is 10.5 Å². The maximum Gasteiger partial charge on any atom is 0.326 e. The first kappa shape index (κ1) is 66.6. The highest BCUT2D eigenvalue weighted by atomic mass is 32.1. The number of aromatic nitrogens is 7. The van der Waals surface area contributed by atoms with Gasteiger partial charge in [0.05, 0.1) is 78.1 Å². The summed E-state index contributed by atoms with van der Waals surface area (Å²) in [6.45, 7) is 0.178. The Morgan fingerprint density at radius 2 is 0.845 bits per heavy atom. The van der Waals surface area contributed by atoms with E-state index in [4.69, 9.17) is 77.0 Å². The second kappa shape index (κ2) is 34.9. The van der Waals surface area contributed by atoms with E-state index in [0.717, 1.165) is 89.7 Å². The number of pyridine rings is 3. The van der Waals surface area contributed by atoms with E-state index in [1.54, 1.807) is 103 Å². The van der Waals surface area contributed by atoms with Gasteiger partial charge in [-0.1, -0.05) is 294 Å². The van der Waals surface area contributed by atoms with Crippen molar-refractivity contribution in [3.8, 4) is 124 Å². The average molecular weight is 1980 g/mol. The fourth-order valence-electron chi connectivity index (χ4n) is 22.5. The number of ether oxygens (including phenoxy) is 3. The maximum atomic E-state index is 8.90. The number of amidine groups is 1. The smallest absolute Gasteiger partial charge is 0.326 e. The van der Waals surface area contributed by atoms with Crippen LogP contribution in [0.15, 0.2) is 337 Å². The van der Waals surface area contributed by atoms with Crippen LogP contribution in [0.1, 0.15) is 221 Å². The maximum absolute atomic E-state index is 8.90. The number of rotatable bonds is 11. The van der Waals surface area contributed by atoms with Crippen LogP contribution < -0.4 is 23.7 Å². The molecule has 0 radical (unpaired) electrons. The molecule has 27 rings (SSSR count). The minimum absolute atomic E-state index is 0.00361. The number of aliphatic imine (C=N–C) groups is 1. The summed E-state index contributed by atoms with van der Waals surface area (Å²) >= 11 is 1.37. The van der Waals surface area contributed by atoms with Crippen LogP contribution in [-0.2, 0) is 34.4 Å². The number of aryl methyl sites for hydroxylation is 10. The van der Waals surface area contributed by atoms with Gasteiger partial charge in [-0.2, -0.15) is 4.98 Å². The van der Waals surface area contributed by atoms with Crippen molar-refractivity contribution in [2.24, 2.45) is 4.99 Å². The Labute approximate surface area is 907 Å². The fraction of sp³-hybridized carbons (Fsp3) is 0.194. The summed E-state index contributed by atoms with van der Waals surface area (Å²) in [6, 6.07) is 94.6. The molecule has 15 aromatic carbocycles. The highest BCUT2D eigenvalue weighted by molar-refractivity contribution is 7.24. The molecule has 0 fully saturated rings. The molecule has 148 heavy (non-hydrogen) atoms. The zero-order chi connectivity index (χ0) is 125. The molecule has 5 aliphatic heterocycles. The topological polar surface area (TPSA) is 121 Å². The Morgan fingerprint density at radius 3 is 1.44 bits per heavy atom. The largest absolute Gasteiger partial charge is 0.456 e. The van der Waals surface area contributed by atoms with Crippen molar-refractivity contribution >= 4 is 88.6 Å². The van der Waals surface area contributed by atoms with Gasteiger partial charge in [0.25, 0.3) is 5.84 Å². The quantitative estimate of drug-likeness (QED) is 0.117. The predicted octanol–water partition coefficient (Wildman–Crippen LogP) is 35.0. The van der Waals surface area contributed by atoms with E-state index in [1.807, 2.05) is 199 Å². The number of para-hydroxylation sites is 8. The zero-order valence-electron chi connectivity index (χ0n) is 111. The first-order chi connectivity index (χ1) is 82.5. The standard InChI is InChI=1S/C45H41N4O.C45H38N2O2.C44H37N3OS/c1-27-19-21-29(49-36-16-10-8-14-30(36)41-43(49)47-38-18-12-13-25-48(38)41)26-31(27)40-28(2)20-24-35(46-40)39-33(44(3,4)5)22-23-34-42(39)50-37-17-11-9-15-32(37)45(34,6)7;1-7-29-21-23-38-43(49-44-46-36-13-9-10-14-37(36)47(38)44)41(29)31-20-17-27(3)33(25-31)32-24-30(19-16-26(32)2)40-28(4)18-22-35-42(40)48-39-15-11-8-12-34(39)45(35,5)6;1-7-28-20-23-36-42(49-43-46-33-13-9-10-14-35(33)47(36)43)39(28)29-19-16-25(2)30(24-29)40-27(4)18-22-34(45-40)38-26(3)17-21-32-41(38)48-37-15-11-8-12-31(37)44(32,5)6/h8-26,41H,1-7H3;8-25H,7H2,1-6H3;8-24H,7H2,1-6H3/q+1;;/i1D3,2D3;2*2D3,3D3,4D3,7D2. The Balaban J connectivity index is 0.000000131. The molecule has 0 N–H and O–H groups in total. The van der Waals surface area contributed by atoms with Crippen LogP contribution in [0.2, 0.25) is 0 Å². The Bertz CT molecular complexity index is 10200. The minimum Gasteiger partial charge on any atom is -0.456 e. The van der Waals surface area contributed by atoms with Crippen molar-refractivity contribution in [2.75, 3.05) is 4.90 Å². The first-order valence-electron chi connectivity index (χ1n) is 63.2. The van der Waals surface area contributed by atoms with E-state index < -0.39 is 83.8 Å². The normalized spacial score (nSPS) is 18.2. The SMILES string of the molecule is [2H]C([2H])([2H])c1ccc(-c2c(C([2H])([2H])C)ccc3c2sc2nc4ccccc4n23)cc1-c1nc(-c2c(C([2H])([2H])[2H])ccc3c2Oc2ccccc2C3(C)C)ccc1C([2H])([2H])[2H].[2H]C([2H])([2H])c1ccc(-c2c(C([2H])([2H])[2H])ccc3c2Oc2ccccc2C3(C)C)cc1-c1cc(-c2c(C([2H])([2H])C)ccc3c2oc2nc4ccccc4n23)ccc1C([2H])([2H])[2H].[2H]C([2H])([2H])c1ccc(N2C3=Nc4cccc[n+]4C3c3ccccc32)cc1-c1nc(-c2c(C(C)(C)C)ccc3c2Oc2ccccc2C3(C)C)ccc1C([2H])([2H])[2H]. The molecular formula is C134H116N9O4S+. The van der Waals surface area contributed by atoms with Crippen LogP contribution in [0.25, 0.3) is 144 Å². The minimum atomic E-state index is -2.78. The molecule has 0 saturated carbocycles. The Hall–Kier alpha value is -16.4. The van der Waals surface area contributed by atoms with Gasteiger partial charge in [0.1, 0.15) is 34.5 Å². The second-order valence-corrected chi connectivity index (χ2v) is 41.7. The van der Waals surface area contributed by atoms with Crippen molar-refractivity contribution in [3.63, 3.8) is 0 Å². The summed E-state index contributed by atoms with van der Waals surface area (Å²) in [5.41, 5.74) is 15.2. The molecule has 7 aromatic heterocycles. The van der Waals surface area contributed by atoms with Crippen LogP contribution in [0.4, 0.5) is 17.2 Å². The molecule has 14 heteroatoms. The molecule has 0 spiro atoms.